The smallest absolute Gasteiger partial charge is 0.403 e. The zero-order valence-electron chi connectivity index (χ0n) is 19.4. The van der Waals surface area contributed by atoms with Crippen LogP contribution in [-0.2, 0) is 18.9 Å². The van der Waals surface area contributed by atoms with Gasteiger partial charge in [-0.25, -0.2) is 0 Å². The molecular formula is C25H37BO4. The van der Waals surface area contributed by atoms with E-state index in [1.165, 1.54) is 5.57 Å². The quantitative estimate of drug-likeness (QED) is 0.516. The molecule has 0 bridgehead atoms. The number of Topliss-reactive ketones (excluding diaryl/α,β-unsaturated/α-hetero) is 1. The van der Waals surface area contributed by atoms with Gasteiger partial charge in [0.1, 0.15) is 5.60 Å². The standard InChI is InChI=1S/C25H37BO4/c1-22(2,3)26-29-15-21(28)25(30-26)13-10-20-18-7-6-16-14-17(27)8-11-23(16,4)19(18)9-12-24(20,25)5/h14,18-20H,6-13,15H2,1-5H3/t18-,19+,20+,23+,24+,25+/m1/s1. The molecule has 0 amide bonds. The number of allylic oxidation sites excluding steroid dienone is 1. The molecule has 30 heavy (non-hydrogen) atoms. The minimum absolute atomic E-state index is 0.111. The van der Waals surface area contributed by atoms with Crippen LogP contribution in [0.25, 0.3) is 0 Å². The third-order valence-electron chi connectivity index (χ3n) is 9.91. The van der Waals surface area contributed by atoms with Crippen molar-refractivity contribution in [1.29, 1.82) is 0 Å². The molecule has 5 aliphatic rings. The van der Waals surface area contributed by atoms with Crippen molar-refractivity contribution in [3.05, 3.63) is 11.6 Å². The normalized spacial score (nSPS) is 46.4. The third kappa shape index (κ3) is 2.66. The molecule has 4 nitrogen and oxygen atoms in total. The van der Waals surface area contributed by atoms with E-state index in [-0.39, 0.29) is 35.7 Å². The van der Waals surface area contributed by atoms with Gasteiger partial charge < -0.3 is 9.31 Å². The van der Waals surface area contributed by atoms with Crippen molar-refractivity contribution < 1.29 is 18.9 Å². The molecular weight excluding hydrogens is 375 g/mol. The molecule has 4 aliphatic carbocycles. The summed E-state index contributed by atoms with van der Waals surface area (Å²) in [7, 11) is -0.328. The van der Waals surface area contributed by atoms with Gasteiger partial charge in [0.25, 0.3) is 0 Å². The van der Waals surface area contributed by atoms with E-state index in [0.717, 1.165) is 44.9 Å². The lowest BCUT2D eigenvalue weighted by Crippen LogP contribution is -2.64. The molecule has 1 saturated heterocycles. The largest absolute Gasteiger partial charge is 0.463 e. The molecule has 3 saturated carbocycles. The highest BCUT2D eigenvalue weighted by atomic mass is 16.6. The van der Waals surface area contributed by atoms with E-state index in [1.54, 1.807) is 0 Å². The monoisotopic (exact) mass is 412 g/mol. The van der Waals surface area contributed by atoms with E-state index < -0.39 is 5.60 Å². The number of fused-ring (bicyclic) bond motifs is 6. The number of carbonyl (C=O) groups is 2. The van der Waals surface area contributed by atoms with Gasteiger partial charge in [0, 0.05) is 11.8 Å². The predicted molar refractivity (Wildman–Crippen MR) is 117 cm³/mol. The average molecular weight is 412 g/mol. The van der Waals surface area contributed by atoms with Crippen LogP contribution >= 0.6 is 0 Å². The first kappa shape index (κ1) is 20.9. The van der Waals surface area contributed by atoms with Crippen molar-refractivity contribution >= 4 is 18.7 Å². The average Bonchev–Trinajstić information content (AvgIpc) is 2.97. The van der Waals surface area contributed by atoms with Gasteiger partial charge in [-0.2, -0.15) is 0 Å². The highest BCUT2D eigenvalue weighted by molar-refractivity contribution is 6.49. The van der Waals surface area contributed by atoms with E-state index in [2.05, 4.69) is 34.6 Å². The van der Waals surface area contributed by atoms with Crippen LogP contribution in [0.3, 0.4) is 0 Å². The van der Waals surface area contributed by atoms with Crippen LogP contribution in [0.4, 0.5) is 0 Å². The number of hydrogen-bond donors (Lipinski definition) is 0. The third-order valence-corrected chi connectivity index (χ3v) is 9.91. The van der Waals surface area contributed by atoms with Crippen LogP contribution in [0.5, 0.6) is 0 Å². The maximum Gasteiger partial charge on any atom is 0.463 e. The molecule has 1 spiro atoms. The highest BCUT2D eigenvalue weighted by Gasteiger charge is 2.69. The van der Waals surface area contributed by atoms with Gasteiger partial charge >= 0.3 is 7.12 Å². The number of hydrogen-bond acceptors (Lipinski definition) is 4. The Hall–Kier alpha value is -0.935. The van der Waals surface area contributed by atoms with Crippen LogP contribution in [0.15, 0.2) is 11.6 Å². The molecule has 4 fully saturated rings. The van der Waals surface area contributed by atoms with Crippen molar-refractivity contribution in [2.24, 2.45) is 28.6 Å². The molecule has 164 valence electrons. The topological polar surface area (TPSA) is 52.6 Å². The SMILES string of the molecule is CC(C)(C)B1OCC(=O)[C@]2(CC[C@H]3[C@@H]4CCC5=CC(=O)CC[C@]5(C)[C@H]4CC[C@@]32C)O1. The van der Waals surface area contributed by atoms with Gasteiger partial charge in [-0.15, -0.1) is 0 Å². The summed E-state index contributed by atoms with van der Waals surface area (Å²) in [6, 6.07) is 0. The van der Waals surface area contributed by atoms with Crippen LogP contribution in [0, 0.1) is 28.6 Å². The van der Waals surface area contributed by atoms with E-state index in [0.29, 0.717) is 30.0 Å². The maximum atomic E-state index is 13.3. The van der Waals surface area contributed by atoms with E-state index in [4.69, 9.17) is 9.31 Å². The summed E-state index contributed by atoms with van der Waals surface area (Å²) in [6.45, 7) is 11.3. The molecule has 0 N–H and O–H groups in total. The Balaban J connectivity index is 1.48. The minimum atomic E-state index is -0.682. The van der Waals surface area contributed by atoms with Crippen LogP contribution in [0.1, 0.15) is 86.0 Å². The molecule has 0 aromatic carbocycles. The second-order valence-corrected chi connectivity index (χ2v) is 12.3. The first-order chi connectivity index (χ1) is 14.0. The van der Waals surface area contributed by atoms with Crippen LogP contribution < -0.4 is 0 Å². The first-order valence-corrected chi connectivity index (χ1v) is 12.1. The zero-order chi connectivity index (χ0) is 21.5. The first-order valence-electron chi connectivity index (χ1n) is 12.1. The summed E-state index contributed by atoms with van der Waals surface area (Å²) >= 11 is 0. The lowest BCUT2D eigenvalue weighted by atomic mass is 9.46. The van der Waals surface area contributed by atoms with Crippen molar-refractivity contribution in [2.75, 3.05) is 6.61 Å². The lowest BCUT2D eigenvalue weighted by Gasteiger charge is -2.60. The molecule has 1 aliphatic heterocycles. The van der Waals surface area contributed by atoms with Gasteiger partial charge in [-0.3, -0.25) is 9.59 Å². The molecule has 0 radical (unpaired) electrons. The minimum Gasteiger partial charge on any atom is -0.403 e. The van der Waals surface area contributed by atoms with Crippen molar-refractivity contribution in [2.45, 2.75) is 96.9 Å². The zero-order valence-corrected chi connectivity index (χ0v) is 19.4. The summed E-state index contributed by atoms with van der Waals surface area (Å²) in [6.07, 6.45) is 9.97. The molecule has 5 rings (SSSR count). The lowest BCUT2D eigenvalue weighted by molar-refractivity contribution is -0.171. The summed E-state index contributed by atoms with van der Waals surface area (Å²) < 4.78 is 12.5. The fraction of sp³-hybridized carbons (Fsp3) is 0.840. The van der Waals surface area contributed by atoms with Crippen molar-refractivity contribution in [3.63, 3.8) is 0 Å². The fourth-order valence-corrected chi connectivity index (χ4v) is 8.19. The van der Waals surface area contributed by atoms with Gasteiger partial charge in [0.2, 0.25) is 0 Å². The second-order valence-electron chi connectivity index (χ2n) is 12.3. The highest BCUT2D eigenvalue weighted by Crippen LogP contribution is 2.69. The Morgan fingerprint density at radius 1 is 1.00 bits per heavy atom. The second kappa shape index (κ2) is 6.54. The summed E-state index contributed by atoms with van der Waals surface area (Å²) in [4.78, 5) is 25.4. The van der Waals surface area contributed by atoms with Gasteiger partial charge in [0.15, 0.2) is 11.6 Å². The van der Waals surface area contributed by atoms with Gasteiger partial charge in [0.05, 0.1) is 6.61 Å². The van der Waals surface area contributed by atoms with Gasteiger partial charge in [-0.1, -0.05) is 40.2 Å². The van der Waals surface area contributed by atoms with Crippen molar-refractivity contribution in [3.8, 4) is 0 Å². The Kier molecular flexibility index (Phi) is 4.56. The molecule has 0 unspecified atom stereocenters. The number of carbonyl (C=O) groups excluding carboxylic acids is 2. The molecule has 5 heteroatoms. The Labute approximate surface area is 181 Å². The van der Waals surface area contributed by atoms with E-state index in [9.17, 15) is 9.59 Å². The molecule has 6 atom stereocenters. The van der Waals surface area contributed by atoms with E-state index >= 15 is 0 Å². The fourth-order valence-electron chi connectivity index (χ4n) is 8.19. The molecule has 1 heterocycles. The van der Waals surface area contributed by atoms with Gasteiger partial charge in [-0.05, 0) is 79.5 Å². The summed E-state index contributed by atoms with van der Waals surface area (Å²) in [5, 5.41) is -0.147. The molecule has 0 aromatic heterocycles. The number of ketones is 2. The Bertz CT molecular complexity index is 812. The van der Waals surface area contributed by atoms with Crippen LogP contribution in [-0.4, -0.2) is 30.9 Å². The maximum absolute atomic E-state index is 13.3. The predicted octanol–water partition coefficient (Wildman–Crippen LogP) is 5.16. The van der Waals surface area contributed by atoms with Crippen molar-refractivity contribution in [1.82, 2.24) is 0 Å². The summed E-state index contributed by atoms with van der Waals surface area (Å²) in [5.41, 5.74) is 0.781. The van der Waals surface area contributed by atoms with Crippen LogP contribution in [0.2, 0.25) is 5.31 Å². The Morgan fingerprint density at radius 3 is 2.47 bits per heavy atom. The molecule has 0 aromatic rings. The number of rotatable bonds is 0. The Morgan fingerprint density at radius 2 is 1.73 bits per heavy atom. The van der Waals surface area contributed by atoms with E-state index in [1.807, 2.05) is 6.08 Å². The summed E-state index contributed by atoms with van der Waals surface area (Å²) in [5.74, 6) is 2.26.